The predicted molar refractivity (Wildman–Crippen MR) is 86.7 cm³/mol. The van der Waals surface area contributed by atoms with Gasteiger partial charge in [-0.2, -0.15) is 0 Å². The molecule has 2 aromatic rings. The summed E-state index contributed by atoms with van der Waals surface area (Å²) in [5.74, 6) is 0.977. The molecule has 0 saturated heterocycles. The number of hydrogen-bond acceptors (Lipinski definition) is 2. The third-order valence-electron chi connectivity index (χ3n) is 3.65. The maximum absolute atomic E-state index is 11.8. The van der Waals surface area contributed by atoms with Gasteiger partial charge in [0.1, 0.15) is 5.75 Å². The summed E-state index contributed by atoms with van der Waals surface area (Å²) in [5.41, 5.74) is 1.19. The molecule has 0 unspecified atom stereocenters. The Kier molecular flexibility index (Phi) is 5.61. The highest BCUT2D eigenvalue weighted by molar-refractivity contribution is 5.87. The molecule has 0 aromatic heterocycles. The lowest BCUT2D eigenvalue weighted by molar-refractivity contribution is -0.121. The van der Waals surface area contributed by atoms with Gasteiger partial charge >= 0.3 is 0 Å². The summed E-state index contributed by atoms with van der Waals surface area (Å²) in [7, 11) is 1.67. The van der Waals surface area contributed by atoms with Crippen LogP contribution < -0.4 is 10.1 Å². The zero-order chi connectivity index (χ0) is 15.1. The van der Waals surface area contributed by atoms with Crippen LogP contribution in [0.4, 0.5) is 0 Å². The minimum Gasteiger partial charge on any atom is -0.497 e. The Bertz CT molecular complexity index is 607. The summed E-state index contributed by atoms with van der Waals surface area (Å²) in [5, 5.41) is 5.31. The van der Waals surface area contributed by atoms with Crippen LogP contribution in [0.1, 0.15) is 31.7 Å². The Morgan fingerprint density at radius 3 is 2.86 bits per heavy atom. The molecule has 0 fully saturated rings. The highest BCUT2D eigenvalue weighted by Gasteiger charge is 2.06. The number of benzene rings is 2. The van der Waals surface area contributed by atoms with Crippen LogP contribution in [0.2, 0.25) is 0 Å². The average molecular weight is 285 g/mol. The smallest absolute Gasteiger partial charge is 0.220 e. The Morgan fingerprint density at radius 2 is 2.10 bits per heavy atom. The van der Waals surface area contributed by atoms with Crippen molar-refractivity contribution >= 4 is 16.7 Å². The molecule has 2 aromatic carbocycles. The second-order valence-corrected chi connectivity index (χ2v) is 5.21. The van der Waals surface area contributed by atoms with Crippen molar-refractivity contribution in [2.24, 2.45) is 0 Å². The molecule has 0 spiro atoms. The van der Waals surface area contributed by atoms with Gasteiger partial charge in [-0.1, -0.05) is 37.6 Å². The van der Waals surface area contributed by atoms with Crippen molar-refractivity contribution in [3.63, 3.8) is 0 Å². The molecule has 0 aliphatic carbocycles. The van der Waals surface area contributed by atoms with E-state index in [1.165, 1.54) is 16.3 Å². The number of ether oxygens (including phenoxy) is 1. The van der Waals surface area contributed by atoms with Gasteiger partial charge in [-0.05, 0) is 41.3 Å². The van der Waals surface area contributed by atoms with Gasteiger partial charge in [0.2, 0.25) is 5.91 Å². The molecule has 0 radical (unpaired) electrons. The zero-order valence-electron chi connectivity index (χ0n) is 12.8. The van der Waals surface area contributed by atoms with E-state index >= 15 is 0 Å². The first kappa shape index (κ1) is 15.4. The standard InChI is InChI=1S/C18H23NO2/c1-3-4-12-19-18(20)11-9-15-7-5-6-14-8-10-16(21-2)13-17(14)15/h5-8,10,13H,3-4,9,11-12H2,1-2H3,(H,19,20). The lowest BCUT2D eigenvalue weighted by Crippen LogP contribution is -2.24. The van der Waals surface area contributed by atoms with Gasteiger partial charge in [-0.15, -0.1) is 0 Å². The lowest BCUT2D eigenvalue weighted by Gasteiger charge is -2.09. The second-order valence-electron chi connectivity index (χ2n) is 5.21. The van der Waals surface area contributed by atoms with E-state index in [9.17, 15) is 4.79 Å². The summed E-state index contributed by atoms with van der Waals surface area (Å²) in [4.78, 5) is 11.8. The van der Waals surface area contributed by atoms with Crippen molar-refractivity contribution in [3.05, 3.63) is 42.0 Å². The van der Waals surface area contributed by atoms with Crippen LogP contribution in [0.25, 0.3) is 10.8 Å². The summed E-state index contributed by atoms with van der Waals surface area (Å²) in [6.45, 7) is 2.90. The van der Waals surface area contributed by atoms with E-state index in [2.05, 4.69) is 30.4 Å². The lowest BCUT2D eigenvalue weighted by atomic mass is 10.0. The van der Waals surface area contributed by atoms with E-state index in [0.29, 0.717) is 6.42 Å². The number of methoxy groups -OCH3 is 1. The maximum atomic E-state index is 11.8. The number of aryl methyl sites for hydroxylation is 1. The molecular weight excluding hydrogens is 262 g/mol. The van der Waals surface area contributed by atoms with Crippen molar-refractivity contribution in [1.82, 2.24) is 5.32 Å². The Labute approximate surface area is 126 Å². The van der Waals surface area contributed by atoms with Gasteiger partial charge in [-0.25, -0.2) is 0 Å². The predicted octanol–water partition coefficient (Wildman–Crippen LogP) is 3.70. The van der Waals surface area contributed by atoms with Gasteiger partial charge in [0, 0.05) is 13.0 Å². The number of amides is 1. The molecule has 21 heavy (non-hydrogen) atoms. The fourth-order valence-electron chi connectivity index (χ4n) is 2.40. The summed E-state index contributed by atoms with van der Waals surface area (Å²) >= 11 is 0. The Hall–Kier alpha value is -2.03. The number of carbonyl (C=O) groups is 1. The Morgan fingerprint density at radius 1 is 1.24 bits per heavy atom. The van der Waals surface area contributed by atoms with Crippen molar-refractivity contribution in [1.29, 1.82) is 0 Å². The van der Waals surface area contributed by atoms with Crippen LogP contribution in [0.15, 0.2) is 36.4 Å². The summed E-state index contributed by atoms with van der Waals surface area (Å²) in [6, 6.07) is 12.3. The minimum absolute atomic E-state index is 0.128. The molecule has 3 heteroatoms. The fraction of sp³-hybridized carbons (Fsp3) is 0.389. The third kappa shape index (κ3) is 4.22. The molecular formula is C18H23NO2. The van der Waals surface area contributed by atoms with E-state index in [0.717, 1.165) is 31.6 Å². The molecule has 0 aliphatic heterocycles. The number of nitrogens with one attached hydrogen (secondary N) is 1. The van der Waals surface area contributed by atoms with E-state index in [-0.39, 0.29) is 5.91 Å². The van der Waals surface area contributed by atoms with Gasteiger partial charge in [0.05, 0.1) is 7.11 Å². The molecule has 0 saturated carbocycles. The summed E-state index contributed by atoms with van der Waals surface area (Å²) in [6.07, 6.45) is 3.42. The quantitative estimate of drug-likeness (QED) is 0.788. The van der Waals surface area contributed by atoms with Crippen molar-refractivity contribution < 1.29 is 9.53 Å². The number of unbranched alkanes of at least 4 members (excludes halogenated alkanes) is 1. The van der Waals surface area contributed by atoms with Crippen molar-refractivity contribution in [2.75, 3.05) is 13.7 Å². The molecule has 1 N–H and O–H groups in total. The van der Waals surface area contributed by atoms with Crippen LogP contribution in [-0.4, -0.2) is 19.6 Å². The van der Waals surface area contributed by atoms with Crippen LogP contribution in [0.5, 0.6) is 5.75 Å². The second kappa shape index (κ2) is 7.67. The van der Waals surface area contributed by atoms with Crippen LogP contribution in [-0.2, 0) is 11.2 Å². The maximum Gasteiger partial charge on any atom is 0.220 e. The van der Waals surface area contributed by atoms with E-state index in [1.54, 1.807) is 7.11 Å². The molecule has 1 amide bonds. The first-order chi connectivity index (χ1) is 10.2. The van der Waals surface area contributed by atoms with Gasteiger partial charge in [0.15, 0.2) is 0 Å². The van der Waals surface area contributed by atoms with E-state index in [4.69, 9.17) is 4.74 Å². The van der Waals surface area contributed by atoms with E-state index < -0.39 is 0 Å². The van der Waals surface area contributed by atoms with Crippen LogP contribution in [0, 0.1) is 0 Å². The van der Waals surface area contributed by atoms with Gasteiger partial charge in [-0.3, -0.25) is 4.79 Å². The monoisotopic (exact) mass is 285 g/mol. The SMILES string of the molecule is CCCCNC(=O)CCc1cccc2ccc(OC)cc12. The zero-order valence-corrected chi connectivity index (χ0v) is 12.8. The molecule has 3 nitrogen and oxygen atoms in total. The molecule has 0 heterocycles. The minimum atomic E-state index is 0.128. The number of rotatable bonds is 7. The average Bonchev–Trinajstić information content (AvgIpc) is 2.52. The molecule has 2 rings (SSSR count). The number of carbonyl (C=O) groups excluding carboxylic acids is 1. The summed E-state index contributed by atoms with van der Waals surface area (Å²) < 4.78 is 5.29. The topological polar surface area (TPSA) is 38.3 Å². The van der Waals surface area contributed by atoms with E-state index in [1.807, 2.05) is 18.2 Å². The van der Waals surface area contributed by atoms with Gasteiger partial charge < -0.3 is 10.1 Å². The highest BCUT2D eigenvalue weighted by atomic mass is 16.5. The number of fused-ring (bicyclic) bond motifs is 1. The van der Waals surface area contributed by atoms with Crippen LogP contribution in [0.3, 0.4) is 0 Å². The normalized spacial score (nSPS) is 10.6. The molecule has 0 bridgehead atoms. The van der Waals surface area contributed by atoms with Crippen molar-refractivity contribution in [2.45, 2.75) is 32.6 Å². The highest BCUT2D eigenvalue weighted by Crippen LogP contribution is 2.24. The van der Waals surface area contributed by atoms with Crippen LogP contribution >= 0.6 is 0 Å². The Balaban J connectivity index is 2.06. The van der Waals surface area contributed by atoms with Gasteiger partial charge in [0.25, 0.3) is 0 Å². The first-order valence-electron chi connectivity index (χ1n) is 7.57. The molecule has 0 aliphatic rings. The fourth-order valence-corrected chi connectivity index (χ4v) is 2.40. The molecule has 112 valence electrons. The third-order valence-corrected chi connectivity index (χ3v) is 3.65. The molecule has 0 atom stereocenters. The largest absolute Gasteiger partial charge is 0.497 e. The van der Waals surface area contributed by atoms with Crippen molar-refractivity contribution in [3.8, 4) is 5.75 Å². The number of hydrogen-bond donors (Lipinski definition) is 1. The first-order valence-corrected chi connectivity index (χ1v) is 7.57.